The van der Waals surface area contributed by atoms with Gasteiger partial charge in [-0.2, -0.15) is 0 Å². The molecule has 0 radical (unpaired) electrons. The highest BCUT2D eigenvalue weighted by molar-refractivity contribution is 5.76. The highest BCUT2D eigenvalue weighted by Crippen LogP contribution is 2.21. The van der Waals surface area contributed by atoms with Gasteiger partial charge in [-0.3, -0.25) is 4.79 Å². The summed E-state index contributed by atoms with van der Waals surface area (Å²) in [7, 11) is 1.38. The van der Waals surface area contributed by atoms with Gasteiger partial charge in [0.1, 0.15) is 0 Å². The van der Waals surface area contributed by atoms with Crippen LogP contribution in [0.4, 0.5) is 4.39 Å². The molecule has 2 nitrogen and oxygen atoms in total. The van der Waals surface area contributed by atoms with Crippen molar-refractivity contribution < 1.29 is 13.9 Å². The number of halogens is 1. The van der Waals surface area contributed by atoms with E-state index in [0.717, 1.165) is 12.0 Å². The normalized spacial score (nSPS) is 9.77. The summed E-state index contributed by atoms with van der Waals surface area (Å²) in [5.41, 5.74) is 0.941. The van der Waals surface area contributed by atoms with E-state index < -0.39 is 5.82 Å². The molecule has 0 N–H and O–H groups in total. The minimum absolute atomic E-state index is 0.0520. The van der Waals surface area contributed by atoms with Crippen LogP contribution in [0.15, 0.2) is 12.1 Å². The van der Waals surface area contributed by atoms with Crippen LogP contribution in [0.5, 0.6) is 5.75 Å². The minimum Gasteiger partial charge on any atom is -0.494 e. The maximum Gasteiger partial charge on any atom is 0.175 e. The van der Waals surface area contributed by atoms with E-state index >= 15 is 0 Å². The molecule has 3 heteroatoms. The third kappa shape index (κ3) is 1.86. The number of ether oxygens (including phenoxy) is 1. The van der Waals surface area contributed by atoms with E-state index in [1.54, 1.807) is 6.07 Å². The van der Waals surface area contributed by atoms with Crippen molar-refractivity contribution in [1.29, 1.82) is 0 Å². The van der Waals surface area contributed by atoms with Gasteiger partial charge in [-0.1, -0.05) is 6.92 Å². The van der Waals surface area contributed by atoms with Crippen molar-refractivity contribution >= 4 is 6.29 Å². The largest absolute Gasteiger partial charge is 0.494 e. The molecule has 0 aliphatic heterocycles. The summed E-state index contributed by atoms with van der Waals surface area (Å²) < 4.78 is 18.0. The summed E-state index contributed by atoms with van der Waals surface area (Å²) >= 11 is 0. The fourth-order valence-electron chi connectivity index (χ4n) is 1.12. The second kappa shape index (κ2) is 4.03. The number of carbonyl (C=O) groups excluding carboxylic acids is 1. The Balaban J connectivity index is 3.28. The van der Waals surface area contributed by atoms with Crippen molar-refractivity contribution in [2.24, 2.45) is 0 Å². The summed E-state index contributed by atoms with van der Waals surface area (Å²) in [5.74, 6) is -0.462. The maximum atomic E-state index is 13.2. The highest BCUT2D eigenvalue weighted by atomic mass is 19.1. The van der Waals surface area contributed by atoms with Gasteiger partial charge in [0, 0.05) is 0 Å². The quantitative estimate of drug-likeness (QED) is 0.670. The van der Waals surface area contributed by atoms with Gasteiger partial charge >= 0.3 is 0 Å². The van der Waals surface area contributed by atoms with E-state index in [2.05, 4.69) is 0 Å². The van der Waals surface area contributed by atoms with Crippen LogP contribution in [-0.4, -0.2) is 13.4 Å². The van der Waals surface area contributed by atoms with E-state index in [4.69, 9.17) is 4.74 Å². The van der Waals surface area contributed by atoms with Gasteiger partial charge < -0.3 is 4.74 Å². The Labute approximate surface area is 76.3 Å². The molecule has 0 atom stereocenters. The summed E-state index contributed by atoms with van der Waals surface area (Å²) in [4.78, 5) is 10.5. The predicted molar refractivity (Wildman–Crippen MR) is 47.7 cm³/mol. The lowest BCUT2D eigenvalue weighted by molar-refractivity contribution is 0.111. The number of carbonyl (C=O) groups is 1. The zero-order valence-corrected chi connectivity index (χ0v) is 7.63. The third-order valence-electron chi connectivity index (χ3n) is 1.88. The van der Waals surface area contributed by atoms with Gasteiger partial charge in [0.2, 0.25) is 0 Å². The van der Waals surface area contributed by atoms with Gasteiger partial charge in [0.25, 0.3) is 0 Å². The fourth-order valence-corrected chi connectivity index (χ4v) is 1.12. The number of methoxy groups -OCH3 is 1. The zero-order chi connectivity index (χ0) is 9.84. The van der Waals surface area contributed by atoms with E-state index in [1.807, 2.05) is 6.92 Å². The summed E-state index contributed by atoms with van der Waals surface area (Å²) in [6, 6.07) is 3.13. The van der Waals surface area contributed by atoms with Gasteiger partial charge in [-0.05, 0) is 24.1 Å². The predicted octanol–water partition coefficient (Wildman–Crippen LogP) is 2.21. The molecule has 0 unspecified atom stereocenters. The molecule has 0 aliphatic carbocycles. The molecule has 0 spiro atoms. The van der Waals surface area contributed by atoms with E-state index in [1.165, 1.54) is 13.2 Å². The molecule has 70 valence electrons. The standard InChI is InChI=1S/C10H11FO2/c1-3-7-4-8(6-12)10(11)9(5-7)13-2/h4-6H,3H2,1-2H3. The molecule has 0 saturated heterocycles. The molecular formula is C10H11FO2. The van der Waals surface area contributed by atoms with Crippen LogP contribution in [0.3, 0.4) is 0 Å². The molecule has 0 bridgehead atoms. The number of benzene rings is 1. The van der Waals surface area contributed by atoms with Crippen LogP contribution in [0.1, 0.15) is 22.8 Å². The molecule has 0 amide bonds. The van der Waals surface area contributed by atoms with Crippen LogP contribution in [-0.2, 0) is 6.42 Å². The van der Waals surface area contributed by atoms with Crippen molar-refractivity contribution in [2.75, 3.05) is 7.11 Å². The van der Waals surface area contributed by atoms with Crippen LogP contribution in [0.25, 0.3) is 0 Å². The van der Waals surface area contributed by atoms with Crippen molar-refractivity contribution in [3.8, 4) is 5.75 Å². The molecule has 0 heterocycles. The number of aryl methyl sites for hydroxylation is 1. The Hall–Kier alpha value is -1.38. The minimum atomic E-state index is -0.588. The van der Waals surface area contributed by atoms with Crippen molar-refractivity contribution in [2.45, 2.75) is 13.3 Å². The lowest BCUT2D eigenvalue weighted by Crippen LogP contribution is -1.96. The Morgan fingerprint density at radius 3 is 2.69 bits per heavy atom. The fraction of sp³-hybridized carbons (Fsp3) is 0.300. The molecule has 1 rings (SSSR count). The molecule has 0 fully saturated rings. The molecule has 0 aliphatic rings. The lowest BCUT2D eigenvalue weighted by Gasteiger charge is -2.06. The average Bonchev–Trinajstić information content (AvgIpc) is 2.18. The van der Waals surface area contributed by atoms with Crippen LogP contribution >= 0.6 is 0 Å². The van der Waals surface area contributed by atoms with E-state index in [0.29, 0.717) is 6.29 Å². The molecule has 13 heavy (non-hydrogen) atoms. The number of aldehydes is 1. The number of hydrogen-bond acceptors (Lipinski definition) is 2. The van der Waals surface area contributed by atoms with Gasteiger partial charge in [0.05, 0.1) is 12.7 Å². The maximum absolute atomic E-state index is 13.2. The highest BCUT2D eigenvalue weighted by Gasteiger charge is 2.09. The smallest absolute Gasteiger partial charge is 0.175 e. The Kier molecular flexibility index (Phi) is 3.01. The summed E-state index contributed by atoms with van der Waals surface area (Å²) in [6.07, 6.45) is 1.24. The molecule has 1 aromatic carbocycles. The monoisotopic (exact) mass is 182 g/mol. The van der Waals surface area contributed by atoms with Crippen molar-refractivity contribution in [1.82, 2.24) is 0 Å². The third-order valence-corrected chi connectivity index (χ3v) is 1.88. The van der Waals surface area contributed by atoms with Crippen LogP contribution in [0, 0.1) is 5.82 Å². The zero-order valence-electron chi connectivity index (χ0n) is 7.63. The first-order valence-corrected chi connectivity index (χ1v) is 4.04. The average molecular weight is 182 g/mol. The van der Waals surface area contributed by atoms with Crippen molar-refractivity contribution in [3.63, 3.8) is 0 Å². The SMILES string of the molecule is CCc1cc(C=O)c(F)c(OC)c1. The Morgan fingerprint density at radius 2 is 2.23 bits per heavy atom. The second-order valence-corrected chi connectivity index (χ2v) is 2.67. The first kappa shape index (κ1) is 9.71. The van der Waals surface area contributed by atoms with Crippen molar-refractivity contribution in [3.05, 3.63) is 29.1 Å². The molecule has 0 aromatic heterocycles. The van der Waals surface area contributed by atoms with Gasteiger partial charge in [0.15, 0.2) is 17.9 Å². The van der Waals surface area contributed by atoms with Gasteiger partial charge in [-0.25, -0.2) is 4.39 Å². The second-order valence-electron chi connectivity index (χ2n) is 2.67. The first-order chi connectivity index (χ1) is 6.22. The number of rotatable bonds is 3. The summed E-state index contributed by atoms with van der Waals surface area (Å²) in [6.45, 7) is 1.93. The Bertz CT molecular complexity index is 321. The molecule has 1 aromatic rings. The van der Waals surface area contributed by atoms with Crippen LogP contribution < -0.4 is 4.74 Å². The Morgan fingerprint density at radius 1 is 1.54 bits per heavy atom. The first-order valence-electron chi connectivity index (χ1n) is 4.04. The molecule has 0 saturated carbocycles. The number of hydrogen-bond donors (Lipinski definition) is 0. The molecular weight excluding hydrogens is 171 g/mol. The topological polar surface area (TPSA) is 26.3 Å². The lowest BCUT2D eigenvalue weighted by atomic mass is 10.1. The van der Waals surface area contributed by atoms with Crippen LogP contribution in [0.2, 0.25) is 0 Å². The van der Waals surface area contributed by atoms with E-state index in [9.17, 15) is 9.18 Å². The van der Waals surface area contributed by atoms with E-state index in [-0.39, 0.29) is 11.3 Å². The summed E-state index contributed by atoms with van der Waals surface area (Å²) in [5, 5.41) is 0. The van der Waals surface area contributed by atoms with Gasteiger partial charge in [-0.15, -0.1) is 0 Å².